The number of ketones is 2. The summed E-state index contributed by atoms with van der Waals surface area (Å²) in [4.78, 5) is 39.5. The number of hydrogen-bond donors (Lipinski definition) is 1. The Balaban J connectivity index is 1.54. The molecule has 0 saturated heterocycles. The quantitative estimate of drug-likeness (QED) is 0.573. The van der Waals surface area contributed by atoms with Crippen molar-refractivity contribution in [2.24, 2.45) is 46.3 Å². The van der Waals surface area contributed by atoms with Crippen molar-refractivity contribution in [1.82, 2.24) is 5.32 Å². The summed E-state index contributed by atoms with van der Waals surface area (Å²) >= 11 is 0. The number of amides is 1. The second-order valence-electron chi connectivity index (χ2n) is 12.4. The molecule has 4 saturated carbocycles. The van der Waals surface area contributed by atoms with Crippen LogP contribution in [0.1, 0.15) is 92.4 Å². The molecule has 0 unspecified atom stereocenters. The first-order valence-electron chi connectivity index (χ1n) is 13.0. The summed E-state index contributed by atoms with van der Waals surface area (Å²) in [7, 11) is 0. The van der Waals surface area contributed by atoms with Crippen molar-refractivity contribution in [3.8, 4) is 0 Å². The van der Waals surface area contributed by atoms with Gasteiger partial charge in [-0.25, -0.2) is 0 Å². The minimum Gasteiger partial charge on any atom is -0.354 e. The normalized spacial score (nSPS) is 42.3. The van der Waals surface area contributed by atoms with Crippen LogP contribution in [0.4, 0.5) is 0 Å². The molecule has 0 aliphatic heterocycles. The zero-order valence-corrected chi connectivity index (χ0v) is 20.8. The van der Waals surface area contributed by atoms with Gasteiger partial charge in [0.05, 0.1) is 0 Å². The molecule has 4 nitrogen and oxygen atoms in total. The van der Waals surface area contributed by atoms with E-state index in [2.05, 4.69) is 32.7 Å². The second kappa shape index (κ2) is 8.40. The van der Waals surface area contributed by atoms with E-state index < -0.39 is 5.41 Å². The molecular weight excluding hydrogens is 398 g/mol. The van der Waals surface area contributed by atoms with Crippen molar-refractivity contribution in [3.05, 3.63) is 12.2 Å². The maximum atomic E-state index is 13.8. The number of nitrogens with one attached hydrogen (secondary N) is 1. The third kappa shape index (κ3) is 3.70. The molecule has 1 amide bonds. The highest BCUT2D eigenvalue weighted by Gasteiger charge is 2.65. The van der Waals surface area contributed by atoms with E-state index in [1.807, 2.05) is 13.8 Å². The smallest absolute Gasteiger partial charge is 0.220 e. The standard InChI is InChI=1S/C28H43NO3/c1-16(2)29-25(32)10-7-18(4)20-8-9-21-26-22(15-24(31)28(20,21)6)27(5)12-11-17(3)13-19(27)14-23(26)30/h16,18-22,26H,3,7-15H2,1-2,4-6H3,(H,29,32)/t18-,19+,20-,21+,22+,26+,27+,28-/m0/s1. The molecule has 178 valence electrons. The molecule has 0 bridgehead atoms. The van der Waals surface area contributed by atoms with Crippen LogP contribution in [0.3, 0.4) is 0 Å². The molecule has 4 aliphatic carbocycles. The zero-order chi connectivity index (χ0) is 23.4. The van der Waals surface area contributed by atoms with Crippen molar-refractivity contribution < 1.29 is 14.4 Å². The molecule has 8 atom stereocenters. The minimum absolute atomic E-state index is 0.0479. The first kappa shape index (κ1) is 23.7. The molecule has 0 radical (unpaired) electrons. The van der Waals surface area contributed by atoms with Gasteiger partial charge >= 0.3 is 0 Å². The first-order chi connectivity index (χ1) is 15.0. The maximum absolute atomic E-state index is 13.8. The van der Waals surface area contributed by atoms with Crippen LogP contribution >= 0.6 is 0 Å². The van der Waals surface area contributed by atoms with Gasteiger partial charge in [0, 0.05) is 36.6 Å². The Kier molecular flexibility index (Phi) is 6.22. The van der Waals surface area contributed by atoms with Crippen LogP contribution in [0.15, 0.2) is 12.2 Å². The summed E-state index contributed by atoms with van der Waals surface area (Å²) in [5.74, 6) is 2.29. The fourth-order valence-corrected chi connectivity index (χ4v) is 8.46. The van der Waals surface area contributed by atoms with E-state index in [0.717, 1.165) is 38.5 Å². The summed E-state index contributed by atoms with van der Waals surface area (Å²) < 4.78 is 0. The Labute approximate surface area is 194 Å². The van der Waals surface area contributed by atoms with Crippen LogP contribution in [0.5, 0.6) is 0 Å². The van der Waals surface area contributed by atoms with Crippen LogP contribution < -0.4 is 5.32 Å². The molecule has 1 N–H and O–H groups in total. The fraction of sp³-hybridized carbons (Fsp3) is 0.821. The highest BCUT2D eigenvalue weighted by Crippen LogP contribution is 2.66. The summed E-state index contributed by atoms with van der Waals surface area (Å²) in [6.07, 6.45) is 7.63. The van der Waals surface area contributed by atoms with Crippen LogP contribution in [-0.4, -0.2) is 23.5 Å². The van der Waals surface area contributed by atoms with Gasteiger partial charge in [0.25, 0.3) is 0 Å². The SMILES string of the molecule is C=C1CC[C@]2(C)[C@H](C1)CC(=O)[C@H]1[C@H]2CC(=O)[C@]2(C)[C@@H]1CC[C@H]2[C@@H](C)CCC(=O)NC(C)C. The Hall–Kier alpha value is -1.45. The van der Waals surface area contributed by atoms with Crippen LogP contribution in [0.25, 0.3) is 0 Å². The predicted molar refractivity (Wildman–Crippen MR) is 127 cm³/mol. The molecular formula is C28H43NO3. The lowest BCUT2D eigenvalue weighted by molar-refractivity contribution is -0.164. The summed E-state index contributed by atoms with van der Waals surface area (Å²) in [6, 6.07) is 0.155. The molecule has 0 aromatic heterocycles. The fourth-order valence-electron chi connectivity index (χ4n) is 8.46. The van der Waals surface area contributed by atoms with Crippen molar-refractivity contribution in [2.75, 3.05) is 0 Å². The van der Waals surface area contributed by atoms with E-state index in [0.29, 0.717) is 42.7 Å². The summed E-state index contributed by atoms with van der Waals surface area (Å²) in [5, 5.41) is 2.98. The topological polar surface area (TPSA) is 63.2 Å². The molecule has 4 rings (SSSR count). The number of hydrogen-bond acceptors (Lipinski definition) is 3. The number of fused-ring (bicyclic) bond motifs is 5. The second-order valence-corrected chi connectivity index (χ2v) is 12.4. The van der Waals surface area contributed by atoms with Crippen LogP contribution in [0.2, 0.25) is 0 Å². The van der Waals surface area contributed by atoms with E-state index in [-0.39, 0.29) is 41.0 Å². The van der Waals surface area contributed by atoms with Gasteiger partial charge in [0.15, 0.2) is 0 Å². The van der Waals surface area contributed by atoms with Gasteiger partial charge in [0.2, 0.25) is 5.91 Å². The van der Waals surface area contributed by atoms with Crippen LogP contribution in [-0.2, 0) is 14.4 Å². The average molecular weight is 442 g/mol. The average Bonchev–Trinajstić information content (AvgIpc) is 3.06. The predicted octanol–water partition coefficient (Wildman–Crippen LogP) is 5.50. The van der Waals surface area contributed by atoms with Gasteiger partial charge < -0.3 is 5.32 Å². The molecule has 0 aromatic rings. The minimum atomic E-state index is -0.410. The number of carbonyl (C=O) groups excluding carboxylic acids is 3. The zero-order valence-electron chi connectivity index (χ0n) is 20.8. The van der Waals surface area contributed by atoms with Crippen molar-refractivity contribution in [2.45, 2.75) is 98.4 Å². The lowest BCUT2D eigenvalue weighted by Crippen LogP contribution is -2.59. The van der Waals surface area contributed by atoms with Gasteiger partial charge in [0.1, 0.15) is 11.6 Å². The van der Waals surface area contributed by atoms with E-state index in [4.69, 9.17) is 0 Å². The Morgan fingerprint density at radius 3 is 2.50 bits per heavy atom. The molecule has 0 heterocycles. The molecule has 4 fully saturated rings. The largest absolute Gasteiger partial charge is 0.354 e. The third-order valence-electron chi connectivity index (χ3n) is 10.3. The molecule has 0 aromatic carbocycles. The Morgan fingerprint density at radius 1 is 1.09 bits per heavy atom. The van der Waals surface area contributed by atoms with Gasteiger partial charge in [-0.1, -0.05) is 32.9 Å². The monoisotopic (exact) mass is 441 g/mol. The summed E-state index contributed by atoms with van der Waals surface area (Å²) in [6.45, 7) is 14.9. The van der Waals surface area contributed by atoms with Gasteiger partial charge in [-0.15, -0.1) is 0 Å². The molecule has 0 spiro atoms. The lowest BCUT2D eigenvalue weighted by atomic mass is 9.43. The van der Waals surface area contributed by atoms with E-state index in [1.165, 1.54) is 5.57 Å². The highest BCUT2D eigenvalue weighted by atomic mass is 16.2. The van der Waals surface area contributed by atoms with Gasteiger partial charge in [-0.05, 0) is 87.4 Å². The number of rotatable bonds is 5. The summed E-state index contributed by atoms with van der Waals surface area (Å²) in [5.41, 5.74) is 0.962. The number of carbonyl (C=O) groups is 3. The maximum Gasteiger partial charge on any atom is 0.220 e. The van der Waals surface area contributed by atoms with Crippen molar-refractivity contribution >= 4 is 17.5 Å². The first-order valence-corrected chi connectivity index (χ1v) is 13.0. The van der Waals surface area contributed by atoms with E-state index in [9.17, 15) is 14.4 Å². The number of allylic oxidation sites excluding steroid dienone is 1. The number of Topliss-reactive ketones (excluding diaryl/α,β-unsaturated/α-hetero) is 2. The Morgan fingerprint density at radius 2 is 1.81 bits per heavy atom. The van der Waals surface area contributed by atoms with Gasteiger partial charge in [-0.3, -0.25) is 14.4 Å². The highest BCUT2D eigenvalue weighted by molar-refractivity contribution is 5.92. The molecule has 4 aliphatic rings. The van der Waals surface area contributed by atoms with Gasteiger partial charge in [-0.2, -0.15) is 0 Å². The van der Waals surface area contributed by atoms with E-state index in [1.54, 1.807) is 0 Å². The van der Waals surface area contributed by atoms with Crippen molar-refractivity contribution in [1.29, 1.82) is 0 Å². The molecule has 32 heavy (non-hydrogen) atoms. The lowest BCUT2D eigenvalue weighted by Gasteiger charge is -2.59. The van der Waals surface area contributed by atoms with E-state index >= 15 is 0 Å². The van der Waals surface area contributed by atoms with Crippen LogP contribution in [0, 0.1) is 46.3 Å². The Bertz CT molecular complexity index is 815. The van der Waals surface area contributed by atoms with Crippen molar-refractivity contribution in [3.63, 3.8) is 0 Å². The third-order valence-corrected chi connectivity index (χ3v) is 10.3. The molecule has 4 heteroatoms.